The molecule has 2 aromatic rings. The van der Waals surface area contributed by atoms with E-state index in [1.54, 1.807) is 0 Å². The molecule has 1 aliphatic carbocycles. The lowest BCUT2D eigenvalue weighted by Crippen LogP contribution is -2.41. The van der Waals surface area contributed by atoms with E-state index in [1.807, 2.05) is 12.1 Å². The molecule has 1 nitrogen and oxygen atoms in total. The molecule has 3 atom stereocenters. The summed E-state index contributed by atoms with van der Waals surface area (Å²) in [5.74, 6) is 2.44. The number of allylic oxidation sites excluding steroid dienone is 1. The van der Waals surface area contributed by atoms with Gasteiger partial charge in [-0.1, -0.05) is 69.7 Å². The Kier molecular flexibility index (Phi) is 6.91. The van der Waals surface area contributed by atoms with Gasteiger partial charge in [-0.2, -0.15) is 0 Å². The number of halogens is 1. The van der Waals surface area contributed by atoms with Crippen LogP contribution in [0.2, 0.25) is 19.6 Å². The van der Waals surface area contributed by atoms with E-state index in [9.17, 15) is 4.39 Å². The summed E-state index contributed by atoms with van der Waals surface area (Å²) in [4.78, 5) is 0. The van der Waals surface area contributed by atoms with Crippen LogP contribution in [0, 0.1) is 23.6 Å². The standard InChI is InChI=1S/C27H37FOSi/c1-20-12-17-25(27(2,3)22-10-8-7-9-11-22)24(18-20)26(29-30(4,5)6)19-21-13-15-23(28)16-14-21/h7-11,13-16,19-20,24-25H,12,17-18H2,1-6H3/b26-19-/t20-,24-,25-/m1/s1. The lowest BCUT2D eigenvalue weighted by Gasteiger charge is -2.46. The zero-order valence-corrected chi connectivity index (χ0v) is 20.4. The van der Waals surface area contributed by atoms with Gasteiger partial charge in [-0.3, -0.25) is 0 Å². The lowest BCUT2D eigenvalue weighted by molar-refractivity contribution is 0.115. The Bertz CT molecular complexity index is 849. The highest BCUT2D eigenvalue weighted by molar-refractivity contribution is 6.70. The molecule has 3 rings (SSSR count). The quantitative estimate of drug-likeness (QED) is 0.337. The molecule has 1 saturated carbocycles. The van der Waals surface area contributed by atoms with Crippen molar-refractivity contribution in [2.45, 2.75) is 65.1 Å². The Morgan fingerprint density at radius 1 is 1.00 bits per heavy atom. The second-order valence-corrected chi connectivity index (χ2v) is 15.0. The topological polar surface area (TPSA) is 9.23 Å². The monoisotopic (exact) mass is 424 g/mol. The van der Waals surface area contributed by atoms with Crippen molar-refractivity contribution < 1.29 is 8.82 Å². The van der Waals surface area contributed by atoms with Gasteiger partial charge in [-0.15, -0.1) is 0 Å². The predicted octanol–water partition coefficient (Wildman–Crippen LogP) is 8.05. The second-order valence-electron chi connectivity index (χ2n) is 10.5. The average molecular weight is 425 g/mol. The van der Waals surface area contributed by atoms with E-state index in [1.165, 1.54) is 30.5 Å². The van der Waals surface area contributed by atoms with Crippen molar-refractivity contribution in [2.75, 3.05) is 0 Å². The molecule has 3 heteroatoms. The third-order valence-corrected chi connectivity index (χ3v) is 7.37. The minimum atomic E-state index is -1.80. The van der Waals surface area contributed by atoms with E-state index in [4.69, 9.17) is 4.43 Å². The molecule has 0 bridgehead atoms. The first-order chi connectivity index (χ1) is 14.1. The summed E-state index contributed by atoms with van der Waals surface area (Å²) < 4.78 is 20.2. The van der Waals surface area contributed by atoms with Gasteiger partial charge in [0.2, 0.25) is 8.32 Å². The van der Waals surface area contributed by atoms with Gasteiger partial charge in [0, 0.05) is 5.92 Å². The minimum Gasteiger partial charge on any atom is -0.547 e. The summed E-state index contributed by atoms with van der Waals surface area (Å²) in [7, 11) is -1.80. The molecule has 1 aliphatic rings. The van der Waals surface area contributed by atoms with Crippen LogP contribution in [0.3, 0.4) is 0 Å². The van der Waals surface area contributed by atoms with E-state index >= 15 is 0 Å². The summed E-state index contributed by atoms with van der Waals surface area (Å²) in [5.41, 5.74) is 2.46. The summed E-state index contributed by atoms with van der Waals surface area (Å²) in [6.45, 7) is 13.9. The molecule has 0 amide bonds. The van der Waals surface area contributed by atoms with Crippen LogP contribution < -0.4 is 0 Å². The number of benzene rings is 2. The highest BCUT2D eigenvalue weighted by atomic mass is 28.4. The maximum absolute atomic E-state index is 13.5. The smallest absolute Gasteiger partial charge is 0.241 e. The van der Waals surface area contributed by atoms with Gasteiger partial charge < -0.3 is 4.43 Å². The first kappa shape index (κ1) is 22.8. The normalized spacial score (nSPS) is 23.3. The Hall–Kier alpha value is -1.87. The van der Waals surface area contributed by atoms with E-state index < -0.39 is 8.32 Å². The van der Waals surface area contributed by atoms with E-state index in [2.05, 4.69) is 76.8 Å². The molecule has 0 unspecified atom stereocenters. The fourth-order valence-electron chi connectivity index (χ4n) is 4.93. The second kappa shape index (κ2) is 9.09. The molecular weight excluding hydrogens is 387 g/mol. The Balaban J connectivity index is 2.04. The van der Waals surface area contributed by atoms with Crippen molar-refractivity contribution >= 4 is 14.4 Å². The van der Waals surface area contributed by atoms with E-state index in [0.29, 0.717) is 17.8 Å². The Morgan fingerprint density at radius 3 is 2.23 bits per heavy atom. The van der Waals surface area contributed by atoms with Gasteiger partial charge in [0.15, 0.2) is 0 Å². The van der Waals surface area contributed by atoms with E-state index in [0.717, 1.165) is 17.7 Å². The fraction of sp³-hybridized carbons (Fsp3) is 0.481. The van der Waals surface area contributed by atoms with Gasteiger partial charge in [-0.05, 0) is 79.1 Å². The van der Waals surface area contributed by atoms with Crippen LogP contribution in [0.1, 0.15) is 51.2 Å². The van der Waals surface area contributed by atoms with Crippen LogP contribution >= 0.6 is 0 Å². The van der Waals surface area contributed by atoms with Crippen molar-refractivity contribution in [3.05, 3.63) is 77.3 Å². The van der Waals surface area contributed by atoms with Gasteiger partial charge in [-0.25, -0.2) is 4.39 Å². The van der Waals surface area contributed by atoms with Gasteiger partial charge in [0.25, 0.3) is 0 Å². The van der Waals surface area contributed by atoms with Crippen molar-refractivity contribution in [1.82, 2.24) is 0 Å². The van der Waals surface area contributed by atoms with Crippen LogP contribution in [0.5, 0.6) is 0 Å². The summed E-state index contributed by atoms with van der Waals surface area (Å²) in [6.07, 6.45) is 5.77. The van der Waals surface area contributed by atoms with Crippen molar-refractivity contribution in [3.63, 3.8) is 0 Å². The molecule has 1 fully saturated rings. The van der Waals surface area contributed by atoms with Gasteiger partial charge >= 0.3 is 0 Å². The number of rotatable bonds is 6. The third-order valence-electron chi connectivity index (χ3n) is 6.53. The zero-order chi connectivity index (χ0) is 21.9. The van der Waals surface area contributed by atoms with Crippen molar-refractivity contribution in [1.29, 1.82) is 0 Å². The molecule has 162 valence electrons. The third kappa shape index (κ3) is 5.63. The SMILES string of the molecule is C[C@@H]1CC[C@@H](C(C)(C)c2ccccc2)[C@H](/C(=C/c2ccc(F)cc2)O[Si](C)(C)C)C1. The molecule has 0 spiro atoms. The van der Waals surface area contributed by atoms with Crippen LogP contribution in [0.15, 0.2) is 60.4 Å². The average Bonchev–Trinajstić information content (AvgIpc) is 2.68. The first-order valence-corrected chi connectivity index (χ1v) is 14.7. The highest BCUT2D eigenvalue weighted by Crippen LogP contribution is 2.49. The molecule has 2 aromatic carbocycles. The number of hydrogen-bond acceptors (Lipinski definition) is 1. The van der Waals surface area contributed by atoms with Gasteiger partial charge in [0.1, 0.15) is 5.82 Å². The Labute approximate surface area is 183 Å². The predicted molar refractivity (Wildman–Crippen MR) is 128 cm³/mol. The number of hydrogen-bond donors (Lipinski definition) is 0. The molecule has 0 saturated heterocycles. The van der Waals surface area contributed by atoms with Gasteiger partial charge in [0.05, 0.1) is 5.76 Å². The summed E-state index contributed by atoms with van der Waals surface area (Å²) in [6, 6.07) is 17.7. The molecule has 30 heavy (non-hydrogen) atoms. The lowest BCUT2D eigenvalue weighted by atomic mass is 9.60. The zero-order valence-electron chi connectivity index (χ0n) is 19.4. The van der Waals surface area contributed by atoms with Crippen LogP contribution in [0.4, 0.5) is 4.39 Å². The van der Waals surface area contributed by atoms with Crippen molar-refractivity contribution in [2.24, 2.45) is 17.8 Å². The van der Waals surface area contributed by atoms with Crippen LogP contribution in [-0.4, -0.2) is 8.32 Å². The largest absolute Gasteiger partial charge is 0.547 e. The molecule has 0 aromatic heterocycles. The fourth-order valence-corrected chi connectivity index (χ4v) is 5.85. The first-order valence-electron chi connectivity index (χ1n) is 11.3. The molecule has 0 aliphatic heterocycles. The highest BCUT2D eigenvalue weighted by Gasteiger charge is 2.42. The minimum absolute atomic E-state index is 0.0523. The van der Waals surface area contributed by atoms with E-state index in [-0.39, 0.29) is 11.2 Å². The Morgan fingerprint density at radius 2 is 1.63 bits per heavy atom. The molecule has 0 radical (unpaired) electrons. The van der Waals surface area contributed by atoms with Crippen LogP contribution in [0.25, 0.3) is 6.08 Å². The summed E-state index contributed by atoms with van der Waals surface area (Å²) >= 11 is 0. The molecule has 0 N–H and O–H groups in total. The summed E-state index contributed by atoms with van der Waals surface area (Å²) in [5, 5.41) is 0. The molecular formula is C27H37FOSi. The van der Waals surface area contributed by atoms with Crippen molar-refractivity contribution in [3.8, 4) is 0 Å². The maximum atomic E-state index is 13.5. The van der Waals surface area contributed by atoms with Crippen LogP contribution in [-0.2, 0) is 9.84 Å². The molecule has 0 heterocycles. The maximum Gasteiger partial charge on any atom is 0.241 e.